The SMILES string of the molecule is CCCN1C2=C(C(=O)CC(C)(C)C2)C(c2ccc(OCC(=O)Nc3ccc(C)c(C)c3)c(OC)c2)C2=C1CC(C)(C)CC2=O. The van der Waals surface area contributed by atoms with Crippen LogP contribution in [0.5, 0.6) is 11.5 Å². The average molecular weight is 599 g/mol. The van der Waals surface area contributed by atoms with E-state index in [1.165, 1.54) is 0 Å². The van der Waals surface area contributed by atoms with Crippen LogP contribution >= 0.6 is 0 Å². The Labute approximate surface area is 261 Å². The smallest absolute Gasteiger partial charge is 0.262 e. The van der Waals surface area contributed by atoms with E-state index >= 15 is 0 Å². The van der Waals surface area contributed by atoms with Crippen molar-refractivity contribution in [2.45, 2.75) is 86.5 Å². The normalized spacial score (nSPS) is 19.5. The van der Waals surface area contributed by atoms with Gasteiger partial charge in [-0.2, -0.15) is 0 Å². The molecule has 0 saturated carbocycles. The summed E-state index contributed by atoms with van der Waals surface area (Å²) in [5.74, 6) is 0.344. The topological polar surface area (TPSA) is 84.9 Å². The van der Waals surface area contributed by atoms with Crippen molar-refractivity contribution in [3.8, 4) is 11.5 Å². The standard InChI is InChI=1S/C37H46N2O5/c1-9-14-39-26-17-36(4,5)19-28(40)34(26)33(35-27(39)18-37(6,7)20-29(35)41)24-11-13-30(31(16-24)43-8)44-21-32(42)38-25-12-10-22(2)23(3)15-25/h10-13,15-16,33H,9,14,17-21H2,1-8H3,(H,38,42). The fourth-order valence-electron chi connectivity index (χ4n) is 7.02. The average Bonchev–Trinajstić information content (AvgIpc) is 2.93. The third-order valence-corrected chi connectivity index (χ3v) is 9.14. The van der Waals surface area contributed by atoms with Crippen LogP contribution in [0.2, 0.25) is 0 Å². The van der Waals surface area contributed by atoms with Gasteiger partial charge in [0, 0.05) is 53.5 Å². The highest BCUT2D eigenvalue weighted by atomic mass is 16.5. The van der Waals surface area contributed by atoms with E-state index < -0.39 is 5.92 Å². The summed E-state index contributed by atoms with van der Waals surface area (Å²) < 4.78 is 11.7. The Morgan fingerprint density at radius 2 is 1.48 bits per heavy atom. The van der Waals surface area contributed by atoms with Crippen molar-refractivity contribution in [3.05, 3.63) is 75.6 Å². The van der Waals surface area contributed by atoms with Gasteiger partial charge in [-0.05, 0) is 84.9 Å². The molecule has 3 aliphatic rings. The maximum absolute atomic E-state index is 14.0. The third kappa shape index (κ3) is 6.19. The molecule has 234 valence electrons. The number of methoxy groups -OCH3 is 1. The fraction of sp³-hybridized carbons (Fsp3) is 0.486. The zero-order valence-corrected chi connectivity index (χ0v) is 27.5. The lowest BCUT2D eigenvalue weighted by Gasteiger charge is -2.49. The van der Waals surface area contributed by atoms with Crippen LogP contribution in [-0.4, -0.2) is 42.6 Å². The number of aryl methyl sites for hydroxylation is 2. The Kier molecular flexibility index (Phi) is 8.54. The summed E-state index contributed by atoms with van der Waals surface area (Å²) in [7, 11) is 1.56. The van der Waals surface area contributed by atoms with Gasteiger partial charge in [0.25, 0.3) is 5.91 Å². The van der Waals surface area contributed by atoms with E-state index in [9.17, 15) is 14.4 Å². The molecule has 2 aliphatic carbocycles. The lowest BCUT2D eigenvalue weighted by Crippen LogP contribution is -2.44. The van der Waals surface area contributed by atoms with E-state index in [-0.39, 0.29) is 34.9 Å². The van der Waals surface area contributed by atoms with Crippen LogP contribution in [0.4, 0.5) is 5.69 Å². The highest BCUT2D eigenvalue weighted by Crippen LogP contribution is 2.55. The van der Waals surface area contributed by atoms with Crippen LogP contribution in [0.1, 0.15) is 89.3 Å². The molecule has 7 heteroatoms. The molecule has 1 heterocycles. The number of amides is 1. The van der Waals surface area contributed by atoms with E-state index in [0.29, 0.717) is 30.0 Å². The molecule has 2 aromatic carbocycles. The Morgan fingerprint density at radius 1 is 0.864 bits per heavy atom. The number of nitrogens with one attached hydrogen (secondary N) is 1. The van der Waals surface area contributed by atoms with E-state index in [0.717, 1.165) is 65.0 Å². The van der Waals surface area contributed by atoms with Crippen molar-refractivity contribution in [3.63, 3.8) is 0 Å². The molecule has 2 aromatic rings. The molecule has 0 bridgehead atoms. The van der Waals surface area contributed by atoms with E-state index in [1.807, 2.05) is 44.2 Å². The van der Waals surface area contributed by atoms with Crippen molar-refractivity contribution in [1.29, 1.82) is 0 Å². The van der Waals surface area contributed by atoms with Crippen LogP contribution < -0.4 is 14.8 Å². The molecule has 7 nitrogen and oxygen atoms in total. The van der Waals surface area contributed by atoms with Gasteiger partial charge in [-0.1, -0.05) is 46.8 Å². The van der Waals surface area contributed by atoms with Crippen molar-refractivity contribution in [1.82, 2.24) is 4.90 Å². The molecule has 0 radical (unpaired) electrons. The van der Waals surface area contributed by atoms with E-state index in [4.69, 9.17) is 9.47 Å². The first-order chi connectivity index (χ1) is 20.7. The van der Waals surface area contributed by atoms with Crippen LogP contribution in [0.25, 0.3) is 0 Å². The number of carbonyl (C=O) groups excluding carboxylic acids is 3. The van der Waals surface area contributed by atoms with Crippen molar-refractivity contribution in [2.24, 2.45) is 10.8 Å². The molecule has 0 saturated heterocycles. The molecule has 1 amide bonds. The summed E-state index contributed by atoms with van der Waals surface area (Å²) in [6.45, 7) is 15.4. The highest BCUT2D eigenvalue weighted by molar-refractivity contribution is 6.06. The molecule has 0 fully saturated rings. The molecule has 1 aliphatic heterocycles. The summed E-state index contributed by atoms with van der Waals surface area (Å²) in [6, 6.07) is 11.3. The largest absolute Gasteiger partial charge is 0.493 e. The number of rotatable bonds is 8. The van der Waals surface area contributed by atoms with Crippen molar-refractivity contribution < 1.29 is 23.9 Å². The van der Waals surface area contributed by atoms with Gasteiger partial charge in [0.1, 0.15) is 0 Å². The molecule has 0 atom stereocenters. The molecular weight excluding hydrogens is 552 g/mol. The number of anilines is 1. The molecule has 44 heavy (non-hydrogen) atoms. The number of Topliss-reactive ketones (excluding diaryl/α,β-unsaturated/α-hetero) is 2. The first-order valence-electron chi connectivity index (χ1n) is 15.7. The van der Waals surface area contributed by atoms with E-state index in [1.54, 1.807) is 13.2 Å². The monoisotopic (exact) mass is 598 g/mol. The van der Waals surface area contributed by atoms with Crippen LogP contribution in [0.3, 0.4) is 0 Å². The zero-order valence-electron chi connectivity index (χ0n) is 27.5. The Hall–Kier alpha value is -3.87. The number of ether oxygens (including phenoxy) is 2. The third-order valence-electron chi connectivity index (χ3n) is 9.14. The minimum atomic E-state index is -0.462. The van der Waals surface area contributed by atoms with Gasteiger partial charge >= 0.3 is 0 Å². The number of nitrogens with zero attached hydrogens (tertiary/aromatic N) is 1. The predicted octanol–water partition coefficient (Wildman–Crippen LogP) is 7.43. The first-order valence-corrected chi connectivity index (χ1v) is 15.7. The number of allylic oxidation sites excluding steroid dienone is 4. The van der Waals surface area contributed by atoms with Gasteiger partial charge < -0.3 is 19.7 Å². The Balaban J connectivity index is 1.51. The second-order valence-electron chi connectivity index (χ2n) is 14.2. The minimum Gasteiger partial charge on any atom is -0.493 e. The van der Waals surface area contributed by atoms with Crippen molar-refractivity contribution in [2.75, 3.05) is 25.6 Å². The summed E-state index contributed by atoms with van der Waals surface area (Å²) >= 11 is 0. The van der Waals surface area contributed by atoms with Gasteiger partial charge in [0.15, 0.2) is 29.7 Å². The predicted molar refractivity (Wildman–Crippen MR) is 173 cm³/mol. The number of hydrogen-bond donors (Lipinski definition) is 1. The fourth-order valence-corrected chi connectivity index (χ4v) is 7.02. The molecule has 5 rings (SSSR count). The summed E-state index contributed by atoms with van der Waals surface area (Å²) in [5.41, 5.74) is 7.08. The summed E-state index contributed by atoms with van der Waals surface area (Å²) in [6.07, 6.45) is 3.36. The summed E-state index contributed by atoms with van der Waals surface area (Å²) in [4.78, 5) is 42.9. The number of ketones is 2. The lowest BCUT2D eigenvalue weighted by atomic mass is 9.63. The maximum Gasteiger partial charge on any atom is 0.262 e. The molecule has 0 spiro atoms. The molecular formula is C37H46N2O5. The van der Waals surface area contributed by atoms with Gasteiger partial charge in [0.2, 0.25) is 0 Å². The number of hydrogen-bond acceptors (Lipinski definition) is 6. The number of benzene rings is 2. The van der Waals surface area contributed by atoms with Gasteiger partial charge in [0.05, 0.1) is 7.11 Å². The van der Waals surface area contributed by atoms with Gasteiger partial charge in [-0.15, -0.1) is 0 Å². The van der Waals surface area contributed by atoms with Crippen LogP contribution in [0.15, 0.2) is 58.9 Å². The number of carbonyl (C=O) groups is 3. The Bertz CT molecular complexity index is 1520. The maximum atomic E-state index is 14.0. The summed E-state index contributed by atoms with van der Waals surface area (Å²) in [5, 5.41) is 2.88. The van der Waals surface area contributed by atoms with Gasteiger partial charge in [-0.25, -0.2) is 0 Å². The Morgan fingerprint density at radius 3 is 2.02 bits per heavy atom. The van der Waals surface area contributed by atoms with Gasteiger partial charge in [-0.3, -0.25) is 14.4 Å². The molecule has 0 aromatic heterocycles. The quantitative estimate of drug-likeness (QED) is 0.340. The second-order valence-corrected chi connectivity index (χ2v) is 14.2. The van der Waals surface area contributed by atoms with Crippen molar-refractivity contribution >= 4 is 23.2 Å². The minimum absolute atomic E-state index is 0.105. The zero-order chi connectivity index (χ0) is 32.0. The molecule has 0 unspecified atom stereocenters. The van der Waals surface area contributed by atoms with E-state index in [2.05, 4.69) is 44.8 Å². The van der Waals surface area contributed by atoms with Crippen LogP contribution in [0, 0.1) is 24.7 Å². The lowest BCUT2D eigenvalue weighted by molar-refractivity contribution is -0.120. The first kappa shape index (κ1) is 31.6. The highest BCUT2D eigenvalue weighted by Gasteiger charge is 2.48. The van der Waals surface area contributed by atoms with Crippen LogP contribution in [-0.2, 0) is 14.4 Å². The second kappa shape index (κ2) is 11.9. The molecule has 1 N–H and O–H groups in total.